The topological polar surface area (TPSA) is 98.1 Å². The van der Waals surface area contributed by atoms with Gasteiger partial charge >= 0.3 is 0 Å². The molecule has 0 radical (unpaired) electrons. The van der Waals surface area contributed by atoms with Crippen LogP contribution in [0.2, 0.25) is 0 Å². The molecule has 0 saturated heterocycles. The lowest BCUT2D eigenvalue weighted by molar-refractivity contribution is 0.101. The number of rotatable bonds is 3. The summed E-state index contributed by atoms with van der Waals surface area (Å²) >= 11 is 0. The number of anilines is 1. The summed E-state index contributed by atoms with van der Waals surface area (Å²) in [6.07, 6.45) is 1.01. The first-order valence-corrected chi connectivity index (χ1v) is 10.7. The zero-order valence-corrected chi connectivity index (χ0v) is 17.2. The van der Waals surface area contributed by atoms with Crippen molar-refractivity contribution >= 4 is 43.7 Å². The van der Waals surface area contributed by atoms with Crippen LogP contribution in [0.15, 0.2) is 42.5 Å². The van der Waals surface area contributed by atoms with E-state index in [9.17, 15) is 13.2 Å². The van der Waals surface area contributed by atoms with E-state index >= 15 is 0 Å². The number of fused-ring (bicyclic) bond motifs is 2. The number of carbonyl (C=O) groups excluding carboxylic acids is 1. The smallest absolute Gasteiger partial charge is 0.270 e. The van der Waals surface area contributed by atoms with Crippen LogP contribution in [0.5, 0.6) is 0 Å². The molecule has 8 nitrogen and oxygen atoms in total. The second-order valence-corrected chi connectivity index (χ2v) is 8.72. The summed E-state index contributed by atoms with van der Waals surface area (Å²) in [5.74, 6) is -0.663. The molecular weight excluding hydrogens is 390 g/mol. The van der Waals surface area contributed by atoms with Crippen LogP contribution in [0, 0.1) is 13.8 Å². The third-order valence-corrected chi connectivity index (χ3v) is 5.79. The Bertz CT molecular complexity index is 1390. The van der Waals surface area contributed by atoms with Crippen LogP contribution in [-0.2, 0) is 17.1 Å². The zero-order chi connectivity index (χ0) is 20.9. The predicted octanol–water partition coefficient (Wildman–Crippen LogP) is 2.74. The highest BCUT2D eigenvalue weighted by atomic mass is 32.2. The Morgan fingerprint density at radius 2 is 1.55 bits per heavy atom. The Balaban J connectivity index is 1.88. The third-order valence-electron chi connectivity index (χ3n) is 4.78. The van der Waals surface area contributed by atoms with E-state index in [0.29, 0.717) is 27.9 Å². The van der Waals surface area contributed by atoms with E-state index in [1.807, 2.05) is 24.3 Å². The van der Waals surface area contributed by atoms with Crippen molar-refractivity contribution < 1.29 is 13.2 Å². The number of amides is 1. The van der Waals surface area contributed by atoms with Gasteiger partial charge in [-0.15, -0.1) is 0 Å². The summed E-state index contributed by atoms with van der Waals surface area (Å²) < 4.78 is 27.4. The molecule has 0 aliphatic carbocycles. The van der Waals surface area contributed by atoms with E-state index in [1.165, 1.54) is 0 Å². The molecule has 1 amide bonds. The Kier molecular flexibility index (Phi) is 4.34. The average Bonchev–Trinajstić information content (AvgIpc) is 2.91. The molecule has 0 aliphatic rings. The number of benzene rings is 2. The second kappa shape index (κ2) is 6.63. The van der Waals surface area contributed by atoms with Gasteiger partial charge in [0, 0.05) is 12.6 Å². The maximum absolute atomic E-state index is 13.3. The molecule has 4 aromatic rings. The number of aryl methyl sites for hydroxylation is 2. The maximum Gasteiger partial charge on any atom is 0.272 e. The van der Waals surface area contributed by atoms with Crippen molar-refractivity contribution in [1.82, 2.24) is 19.7 Å². The molecule has 2 aromatic carbocycles. The molecule has 0 bridgehead atoms. The molecular formula is C20H19N5O3S. The second-order valence-electron chi connectivity index (χ2n) is 6.89. The third kappa shape index (κ3) is 3.23. The van der Waals surface area contributed by atoms with Crippen LogP contribution in [0.4, 0.5) is 5.69 Å². The molecule has 29 heavy (non-hydrogen) atoms. The van der Waals surface area contributed by atoms with Crippen molar-refractivity contribution in [2.75, 3.05) is 10.6 Å². The largest absolute Gasteiger partial charge is 0.272 e. The highest BCUT2D eigenvalue weighted by Crippen LogP contribution is 2.28. The Morgan fingerprint density at radius 1 is 0.966 bits per heavy atom. The van der Waals surface area contributed by atoms with E-state index < -0.39 is 15.9 Å². The first kappa shape index (κ1) is 19.0. The molecule has 0 unspecified atom stereocenters. The Hall–Kier alpha value is -3.33. The van der Waals surface area contributed by atoms with Gasteiger partial charge in [-0.05, 0) is 44.2 Å². The fourth-order valence-corrected chi connectivity index (χ4v) is 4.35. The van der Waals surface area contributed by atoms with Crippen molar-refractivity contribution in [1.29, 1.82) is 0 Å². The van der Waals surface area contributed by atoms with Gasteiger partial charge < -0.3 is 0 Å². The molecule has 9 heteroatoms. The van der Waals surface area contributed by atoms with Gasteiger partial charge in [-0.2, -0.15) is 9.40 Å². The van der Waals surface area contributed by atoms with Crippen LogP contribution in [0.3, 0.4) is 0 Å². The lowest BCUT2D eigenvalue weighted by atomic mass is 10.1. The molecule has 0 atom stereocenters. The van der Waals surface area contributed by atoms with Crippen molar-refractivity contribution in [3.8, 4) is 0 Å². The minimum Gasteiger partial charge on any atom is -0.270 e. The number of hydrogen-bond donors (Lipinski definition) is 0. The van der Waals surface area contributed by atoms with Crippen molar-refractivity contribution in [2.45, 2.75) is 13.8 Å². The van der Waals surface area contributed by atoms with E-state index in [0.717, 1.165) is 16.1 Å². The molecule has 0 N–H and O–H groups in total. The monoisotopic (exact) mass is 409 g/mol. The molecule has 0 fully saturated rings. The minimum atomic E-state index is -3.89. The maximum atomic E-state index is 13.3. The van der Waals surface area contributed by atoms with Crippen molar-refractivity contribution in [3.05, 3.63) is 59.4 Å². The lowest BCUT2D eigenvalue weighted by Gasteiger charge is -2.21. The molecule has 148 valence electrons. The van der Waals surface area contributed by atoms with Gasteiger partial charge in [0.25, 0.3) is 5.91 Å². The van der Waals surface area contributed by atoms with Gasteiger partial charge in [0.15, 0.2) is 0 Å². The molecule has 2 heterocycles. The van der Waals surface area contributed by atoms with Crippen molar-refractivity contribution in [3.63, 3.8) is 0 Å². The SMILES string of the molecule is Cc1nn(C)c(C)c1N(C(=O)c1ccc2nc3ccccc3nc2c1)S(C)(=O)=O. The highest BCUT2D eigenvalue weighted by Gasteiger charge is 2.31. The highest BCUT2D eigenvalue weighted by molar-refractivity contribution is 7.92. The number of sulfonamides is 1. The molecule has 4 rings (SSSR count). The number of carbonyl (C=O) groups is 1. The van der Waals surface area contributed by atoms with E-state index in [2.05, 4.69) is 15.1 Å². The van der Waals surface area contributed by atoms with E-state index in [4.69, 9.17) is 0 Å². The first-order chi connectivity index (χ1) is 13.7. The van der Waals surface area contributed by atoms with Gasteiger partial charge in [-0.1, -0.05) is 12.1 Å². The fourth-order valence-electron chi connectivity index (χ4n) is 3.34. The van der Waals surface area contributed by atoms with Gasteiger partial charge in [0.2, 0.25) is 10.0 Å². The van der Waals surface area contributed by atoms with Crippen LogP contribution >= 0.6 is 0 Å². The van der Waals surface area contributed by atoms with Crippen LogP contribution in [-0.4, -0.2) is 40.3 Å². The quantitative estimate of drug-likeness (QED) is 0.483. The average molecular weight is 409 g/mol. The molecule has 0 aliphatic heterocycles. The Labute approximate surface area is 167 Å². The van der Waals surface area contributed by atoms with Gasteiger partial charge in [-0.3, -0.25) is 9.48 Å². The molecule has 0 saturated carbocycles. The summed E-state index contributed by atoms with van der Waals surface area (Å²) in [7, 11) is -2.19. The molecule has 0 spiro atoms. The number of aromatic nitrogens is 4. The zero-order valence-electron chi connectivity index (χ0n) is 16.4. The van der Waals surface area contributed by atoms with E-state index in [1.54, 1.807) is 43.8 Å². The van der Waals surface area contributed by atoms with Crippen LogP contribution < -0.4 is 4.31 Å². The summed E-state index contributed by atoms with van der Waals surface area (Å²) in [4.78, 5) is 22.4. The summed E-state index contributed by atoms with van der Waals surface area (Å²) in [6.45, 7) is 3.39. The summed E-state index contributed by atoms with van der Waals surface area (Å²) in [5.41, 5.74) is 4.09. The molecule has 2 aromatic heterocycles. The summed E-state index contributed by atoms with van der Waals surface area (Å²) in [5, 5.41) is 4.24. The number of hydrogen-bond acceptors (Lipinski definition) is 6. The predicted molar refractivity (Wildman–Crippen MR) is 111 cm³/mol. The lowest BCUT2D eigenvalue weighted by Crippen LogP contribution is -2.37. The van der Waals surface area contributed by atoms with Gasteiger partial charge in [0.05, 0.1) is 39.7 Å². The van der Waals surface area contributed by atoms with Gasteiger partial charge in [0.1, 0.15) is 5.69 Å². The number of nitrogens with zero attached hydrogens (tertiary/aromatic N) is 5. The number of para-hydroxylation sites is 2. The normalized spacial score (nSPS) is 11.9. The van der Waals surface area contributed by atoms with Crippen molar-refractivity contribution in [2.24, 2.45) is 7.05 Å². The van der Waals surface area contributed by atoms with Gasteiger partial charge in [-0.25, -0.2) is 18.4 Å². The van der Waals surface area contributed by atoms with Crippen LogP contribution in [0.25, 0.3) is 22.1 Å². The first-order valence-electron chi connectivity index (χ1n) is 8.88. The Morgan fingerprint density at radius 3 is 2.10 bits per heavy atom. The summed E-state index contributed by atoms with van der Waals surface area (Å²) in [6, 6.07) is 12.2. The fraction of sp³-hybridized carbons (Fsp3) is 0.200. The standard InChI is InChI=1S/C20H19N5O3S/c1-12-19(13(2)24(3)23-12)25(29(4,27)28)20(26)14-9-10-17-18(11-14)22-16-8-6-5-7-15(16)21-17/h5-11H,1-4H3. The van der Waals surface area contributed by atoms with Crippen LogP contribution in [0.1, 0.15) is 21.7 Å². The van der Waals surface area contributed by atoms with E-state index in [-0.39, 0.29) is 11.3 Å². The minimum absolute atomic E-state index is 0.204.